The Labute approximate surface area is 136 Å². The van der Waals surface area contributed by atoms with Gasteiger partial charge in [0.1, 0.15) is 5.75 Å². The van der Waals surface area contributed by atoms with Gasteiger partial charge in [0.15, 0.2) is 6.10 Å². The molecule has 2 atom stereocenters. The molecule has 23 heavy (non-hydrogen) atoms. The number of rotatable bonds is 7. The predicted molar refractivity (Wildman–Crippen MR) is 88.6 cm³/mol. The van der Waals surface area contributed by atoms with Crippen LogP contribution in [0.1, 0.15) is 11.6 Å². The molecule has 0 fully saturated rings. The number of ether oxygens (including phenoxy) is 3. The number of methoxy groups -OCH3 is 3. The molecule has 0 amide bonds. The molecule has 2 aromatic carbocycles. The molecule has 1 N–H and O–H groups in total. The fourth-order valence-electron chi connectivity index (χ4n) is 2.35. The van der Waals surface area contributed by atoms with Crippen LogP contribution in [-0.4, -0.2) is 33.4 Å². The third kappa shape index (κ3) is 4.23. The third-order valence-corrected chi connectivity index (χ3v) is 3.56. The summed E-state index contributed by atoms with van der Waals surface area (Å²) in [4.78, 5) is 12.0. The summed E-state index contributed by atoms with van der Waals surface area (Å²) >= 11 is 0. The molecule has 0 saturated carbocycles. The van der Waals surface area contributed by atoms with Gasteiger partial charge in [0.25, 0.3) is 0 Å². The first kappa shape index (κ1) is 16.8. The molecular formula is C18H21NO4. The smallest absolute Gasteiger partial charge is 0.337 e. The van der Waals surface area contributed by atoms with Crippen LogP contribution >= 0.6 is 0 Å². The van der Waals surface area contributed by atoms with Crippen LogP contribution in [0.3, 0.4) is 0 Å². The molecule has 5 nitrogen and oxygen atoms in total. The number of nitrogens with one attached hydrogen (secondary N) is 1. The van der Waals surface area contributed by atoms with Gasteiger partial charge in [-0.3, -0.25) is 0 Å². The number of esters is 1. The summed E-state index contributed by atoms with van der Waals surface area (Å²) in [5.74, 6) is 0.338. The van der Waals surface area contributed by atoms with E-state index in [0.29, 0.717) is 0 Å². The van der Waals surface area contributed by atoms with Crippen molar-refractivity contribution in [1.82, 2.24) is 0 Å². The van der Waals surface area contributed by atoms with E-state index in [1.807, 2.05) is 54.6 Å². The van der Waals surface area contributed by atoms with Crippen molar-refractivity contribution in [3.63, 3.8) is 0 Å². The van der Waals surface area contributed by atoms with E-state index in [4.69, 9.17) is 14.2 Å². The molecule has 0 aliphatic heterocycles. The molecule has 0 aromatic heterocycles. The van der Waals surface area contributed by atoms with E-state index in [9.17, 15) is 4.79 Å². The molecule has 0 saturated heterocycles. The summed E-state index contributed by atoms with van der Waals surface area (Å²) < 4.78 is 15.4. The van der Waals surface area contributed by atoms with Crippen LogP contribution in [0.15, 0.2) is 54.6 Å². The van der Waals surface area contributed by atoms with Gasteiger partial charge in [0.2, 0.25) is 0 Å². The molecule has 0 bridgehead atoms. The second kappa shape index (κ2) is 8.19. The Morgan fingerprint density at radius 2 is 1.61 bits per heavy atom. The number of carbonyl (C=O) groups is 1. The lowest BCUT2D eigenvalue weighted by Crippen LogP contribution is -2.35. The van der Waals surface area contributed by atoms with Crippen molar-refractivity contribution >= 4 is 11.7 Å². The highest BCUT2D eigenvalue weighted by atomic mass is 16.6. The highest BCUT2D eigenvalue weighted by Gasteiger charge is 2.30. The molecule has 2 aromatic rings. The lowest BCUT2D eigenvalue weighted by molar-refractivity contribution is -0.153. The average Bonchev–Trinajstić information content (AvgIpc) is 2.62. The van der Waals surface area contributed by atoms with Crippen molar-refractivity contribution in [3.8, 4) is 5.75 Å². The second-order valence-electron chi connectivity index (χ2n) is 4.94. The normalized spacial score (nSPS) is 13.0. The number of hydrogen-bond acceptors (Lipinski definition) is 5. The monoisotopic (exact) mass is 315 g/mol. The van der Waals surface area contributed by atoms with Crippen molar-refractivity contribution in [3.05, 3.63) is 60.2 Å². The van der Waals surface area contributed by atoms with Gasteiger partial charge in [-0.2, -0.15) is 0 Å². The van der Waals surface area contributed by atoms with E-state index in [2.05, 4.69) is 5.32 Å². The highest BCUT2D eigenvalue weighted by molar-refractivity contribution is 5.76. The molecule has 2 rings (SSSR count). The van der Waals surface area contributed by atoms with Crippen LogP contribution in [0.2, 0.25) is 0 Å². The fraction of sp³-hybridized carbons (Fsp3) is 0.278. The molecule has 122 valence electrons. The average molecular weight is 315 g/mol. The van der Waals surface area contributed by atoms with Gasteiger partial charge in [-0.25, -0.2) is 4.79 Å². The summed E-state index contributed by atoms with van der Waals surface area (Å²) in [5, 5.41) is 3.33. The van der Waals surface area contributed by atoms with Crippen molar-refractivity contribution in [2.45, 2.75) is 12.1 Å². The number of carbonyl (C=O) groups excluding carboxylic acids is 1. The second-order valence-corrected chi connectivity index (χ2v) is 4.94. The van der Waals surface area contributed by atoms with Crippen LogP contribution < -0.4 is 10.1 Å². The zero-order valence-electron chi connectivity index (χ0n) is 13.5. The summed E-state index contributed by atoms with van der Waals surface area (Å²) in [6, 6.07) is 16.7. The van der Waals surface area contributed by atoms with Crippen molar-refractivity contribution in [1.29, 1.82) is 0 Å². The van der Waals surface area contributed by atoms with Crippen molar-refractivity contribution in [2.24, 2.45) is 0 Å². The minimum atomic E-state index is -0.760. The van der Waals surface area contributed by atoms with Gasteiger partial charge in [-0.05, 0) is 29.8 Å². The quantitative estimate of drug-likeness (QED) is 0.796. The lowest BCUT2D eigenvalue weighted by Gasteiger charge is -2.26. The van der Waals surface area contributed by atoms with Gasteiger partial charge in [-0.15, -0.1) is 0 Å². The van der Waals surface area contributed by atoms with Gasteiger partial charge in [0.05, 0.1) is 20.3 Å². The molecule has 0 aliphatic carbocycles. The zero-order valence-corrected chi connectivity index (χ0v) is 13.5. The third-order valence-electron chi connectivity index (χ3n) is 3.56. The maximum atomic E-state index is 12.0. The van der Waals surface area contributed by atoms with Gasteiger partial charge >= 0.3 is 5.97 Å². The summed E-state index contributed by atoms with van der Waals surface area (Å²) in [6.07, 6.45) is -0.760. The van der Waals surface area contributed by atoms with Crippen LogP contribution in [0.4, 0.5) is 5.69 Å². The van der Waals surface area contributed by atoms with E-state index < -0.39 is 12.1 Å². The SMILES string of the molecule is COC(=O)[C@H](OC)[C@H](Nc1ccc(OC)cc1)c1ccccc1. The van der Waals surface area contributed by atoms with E-state index in [1.165, 1.54) is 14.2 Å². The van der Waals surface area contributed by atoms with Gasteiger partial charge in [0, 0.05) is 12.8 Å². The zero-order chi connectivity index (χ0) is 16.7. The standard InChI is InChI=1S/C18H21NO4/c1-21-15-11-9-14(10-12-15)19-16(13-7-5-4-6-8-13)17(22-2)18(20)23-3/h4-12,16-17,19H,1-3H3/t16-,17-/m1/s1. The molecule has 0 heterocycles. The molecule has 0 radical (unpaired) electrons. The first-order valence-corrected chi connectivity index (χ1v) is 7.25. The first-order chi connectivity index (χ1) is 11.2. The minimum absolute atomic E-state index is 0.373. The molecule has 0 unspecified atom stereocenters. The summed E-state index contributed by atoms with van der Waals surface area (Å²) in [6.45, 7) is 0. The maximum absolute atomic E-state index is 12.0. The molecule has 5 heteroatoms. The van der Waals surface area contributed by atoms with Crippen LogP contribution in [0.25, 0.3) is 0 Å². The van der Waals surface area contributed by atoms with E-state index in [1.54, 1.807) is 7.11 Å². The predicted octanol–water partition coefficient (Wildman–Crippen LogP) is 3.04. The Morgan fingerprint density at radius 1 is 0.957 bits per heavy atom. The van der Waals surface area contributed by atoms with E-state index in [-0.39, 0.29) is 6.04 Å². The Kier molecular flexibility index (Phi) is 6.00. The molecular weight excluding hydrogens is 294 g/mol. The van der Waals surface area contributed by atoms with Crippen molar-refractivity contribution < 1.29 is 19.0 Å². The van der Waals surface area contributed by atoms with E-state index in [0.717, 1.165) is 17.0 Å². The summed E-state index contributed by atoms with van der Waals surface area (Å²) in [5.41, 5.74) is 1.78. The molecule has 0 aliphatic rings. The topological polar surface area (TPSA) is 56.8 Å². The van der Waals surface area contributed by atoms with Gasteiger partial charge < -0.3 is 19.5 Å². The maximum Gasteiger partial charge on any atom is 0.337 e. The molecule has 0 spiro atoms. The van der Waals surface area contributed by atoms with Crippen LogP contribution in [0.5, 0.6) is 5.75 Å². The lowest BCUT2D eigenvalue weighted by atomic mass is 10.0. The van der Waals surface area contributed by atoms with E-state index >= 15 is 0 Å². The van der Waals surface area contributed by atoms with Crippen molar-refractivity contribution in [2.75, 3.05) is 26.6 Å². The largest absolute Gasteiger partial charge is 0.497 e. The number of anilines is 1. The number of benzene rings is 2. The number of hydrogen-bond donors (Lipinski definition) is 1. The van der Waals surface area contributed by atoms with Crippen LogP contribution in [-0.2, 0) is 14.3 Å². The van der Waals surface area contributed by atoms with Crippen LogP contribution in [0, 0.1) is 0 Å². The Balaban J connectivity index is 2.30. The Morgan fingerprint density at radius 3 is 2.13 bits per heavy atom. The van der Waals surface area contributed by atoms with Gasteiger partial charge in [-0.1, -0.05) is 30.3 Å². The Bertz CT molecular complexity index is 613. The Hall–Kier alpha value is -2.53. The first-order valence-electron chi connectivity index (χ1n) is 7.25. The highest BCUT2D eigenvalue weighted by Crippen LogP contribution is 2.26. The summed E-state index contributed by atoms with van der Waals surface area (Å²) in [7, 11) is 4.46. The minimum Gasteiger partial charge on any atom is -0.497 e. The fourth-order valence-corrected chi connectivity index (χ4v) is 2.35.